The van der Waals surface area contributed by atoms with Crippen molar-refractivity contribution < 1.29 is 0 Å². The fourth-order valence-electron chi connectivity index (χ4n) is 2.04. The molecule has 0 saturated carbocycles. The molecule has 0 radical (unpaired) electrons. The van der Waals surface area contributed by atoms with E-state index in [2.05, 4.69) is 17.4 Å². The van der Waals surface area contributed by atoms with E-state index in [0.29, 0.717) is 0 Å². The van der Waals surface area contributed by atoms with Crippen molar-refractivity contribution in [3.05, 3.63) is 71.8 Å². The fraction of sp³-hybridized carbons (Fsp3) is 0. The van der Waals surface area contributed by atoms with Crippen LogP contribution in [-0.2, 0) is 0 Å². The summed E-state index contributed by atoms with van der Waals surface area (Å²) in [4.78, 5) is 0. The average molecular weight is 254 g/mol. The lowest BCUT2D eigenvalue weighted by atomic mass is 10.1. The van der Waals surface area contributed by atoms with Gasteiger partial charge in [-0.1, -0.05) is 60.1 Å². The van der Waals surface area contributed by atoms with Gasteiger partial charge >= 0.3 is 0 Å². The summed E-state index contributed by atoms with van der Waals surface area (Å²) >= 11 is 6.29. The Kier molecular flexibility index (Phi) is 2.91. The molecule has 0 bridgehead atoms. The normalized spacial score (nSPS) is 10.5. The van der Waals surface area contributed by atoms with Gasteiger partial charge in [-0.3, -0.25) is 0 Å². The van der Waals surface area contributed by atoms with E-state index < -0.39 is 0 Å². The van der Waals surface area contributed by atoms with E-state index in [0.717, 1.165) is 21.8 Å². The molecule has 0 fully saturated rings. The number of hydrogen-bond acceptors (Lipinski definition) is 1. The Morgan fingerprint density at radius 2 is 1.44 bits per heavy atom. The highest BCUT2D eigenvalue weighted by Gasteiger charge is 2.05. The van der Waals surface area contributed by atoms with Crippen LogP contribution in [-0.4, -0.2) is 0 Å². The molecular weight excluding hydrogens is 242 g/mol. The molecule has 1 nitrogen and oxygen atoms in total. The number of hydrogen-bond donors (Lipinski definition) is 1. The molecule has 18 heavy (non-hydrogen) atoms. The number of fused-ring (bicyclic) bond motifs is 1. The van der Waals surface area contributed by atoms with Gasteiger partial charge in [0, 0.05) is 11.1 Å². The maximum Gasteiger partial charge on any atom is 0.0653 e. The first-order valence-electron chi connectivity index (χ1n) is 5.84. The van der Waals surface area contributed by atoms with E-state index in [9.17, 15) is 0 Å². The molecule has 0 atom stereocenters. The Morgan fingerprint density at radius 3 is 2.28 bits per heavy atom. The van der Waals surface area contributed by atoms with Crippen LogP contribution in [0.2, 0.25) is 5.02 Å². The van der Waals surface area contributed by atoms with Gasteiger partial charge in [-0.05, 0) is 23.6 Å². The SMILES string of the molecule is Clc1ccc2ccccc2c1Nc1ccccc1. The maximum absolute atomic E-state index is 6.29. The fourth-order valence-corrected chi connectivity index (χ4v) is 2.25. The summed E-state index contributed by atoms with van der Waals surface area (Å²) in [5, 5.41) is 6.43. The van der Waals surface area contributed by atoms with Gasteiger partial charge in [-0.25, -0.2) is 0 Å². The summed E-state index contributed by atoms with van der Waals surface area (Å²) in [6.45, 7) is 0. The van der Waals surface area contributed by atoms with E-state index >= 15 is 0 Å². The molecule has 0 saturated heterocycles. The van der Waals surface area contributed by atoms with E-state index in [1.54, 1.807) is 0 Å². The first-order chi connectivity index (χ1) is 8.84. The van der Waals surface area contributed by atoms with Crippen molar-refractivity contribution in [2.24, 2.45) is 0 Å². The smallest absolute Gasteiger partial charge is 0.0653 e. The lowest BCUT2D eigenvalue weighted by Crippen LogP contribution is -1.92. The van der Waals surface area contributed by atoms with Crippen molar-refractivity contribution in [1.29, 1.82) is 0 Å². The Labute approximate surface area is 111 Å². The molecule has 3 aromatic rings. The van der Waals surface area contributed by atoms with Gasteiger partial charge in [-0.15, -0.1) is 0 Å². The molecule has 0 aliphatic rings. The quantitative estimate of drug-likeness (QED) is 0.659. The van der Waals surface area contributed by atoms with Crippen molar-refractivity contribution in [3.63, 3.8) is 0 Å². The summed E-state index contributed by atoms with van der Waals surface area (Å²) in [5.74, 6) is 0. The Bertz CT molecular complexity index is 677. The van der Waals surface area contributed by atoms with Gasteiger partial charge in [0.05, 0.1) is 10.7 Å². The zero-order valence-corrected chi connectivity index (χ0v) is 10.5. The number of anilines is 2. The Balaban J connectivity index is 2.13. The van der Waals surface area contributed by atoms with E-state index in [1.807, 2.05) is 54.6 Å². The molecule has 0 heterocycles. The van der Waals surface area contributed by atoms with Gasteiger partial charge in [0.25, 0.3) is 0 Å². The minimum absolute atomic E-state index is 0.734. The molecular formula is C16H12ClN. The standard InChI is InChI=1S/C16H12ClN/c17-15-11-10-12-6-4-5-9-14(12)16(15)18-13-7-2-1-3-8-13/h1-11,18H. The topological polar surface area (TPSA) is 12.0 Å². The molecule has 88 valence electrons. The summed E-state index contributed by atoms with van der Waals surface area (Å²) in [6.07, 6.45) is 0. The molecule has 0 aliphatic heterocycles. The number of benzene rings is 3. The molecule has 0 aromatic heterocycles. The van der Waals surface area contributed by atoms with Crippen molar-refractivity contribution in [2.75, 3.05) is 5.32 Å². The first kappa shape index (κ1) is 11.1. The number of rotatable bonds is 2. The molecule has 2 heteroatoms. The van der Waals surface area contributed by atoms with Crippen molar-refractivity contribution in [3.8, 4) is 0 Å². The Hall–Kier alpha value is -1.99. The predicted octanol–water partition coefficient (Wildman–Crippen LogP) is 5.24. The van der Waals surface area contributed by atoms with Crippen LogP contribution in [0.4, 0.5) is 11.4 Å². The second-order valence-electron chi connectivity index (χ2n) is 4.13. The molecule has 0 unspecified atom stereocenters. The summed E-state index contributed by atoms with van der Waals surface area (Å²) in [7, 11) is 0. The largest absolute Gasteiger partial charge is 0.354 e. The third-order valence-electron chi connectivity index (χ3n) is 2.92. The average Bonchev–Trinajstić information content (AvgIpc) is 2.43. The predicted molar refractivity (Wildman–Crippen MR) is 78.7 cm³/mol. The van der Waals surface area contributed by atoms with Crippen LogP contribution in [0.3, 0.4) is 0 Å². The van der Waals surface area contributed by atoms with Crippen molar-refractivity contribution in [2.45, 2.75) is 0 Å². The van der Waals surface area contributed by atoms with Crippen LogP contribution in [0.1, 0.15) is 0 Å². The maximum atomic E-state index is 6.29. The van der Waals surface area contributed by atoms with E-state index in [-0.39, 0.29) is 0 Å². The van der Waals surface area contributed by atoms with E-state index in [4.69, 9.17) is 11.6 Å². The lowest BCUT2D eigenvalue weighted by Gasteiger charge is -2.11. The minimum Gasteiger partial charge on any atom is -0.354 e. The number of halogens is 1. The number of para-hydroxylation sites is 1. The molecule has 0 aliphatic carbocycles. The second-order valence-corrected chi connectivity index (χ2v) is 4.54. The monoisotopic (exact) mass is 253 g/mol. The minimum atomic E-state index is 0.734. The molecule has 1 N–H and O–H groups in total. The molecule has 0 amide bonds. The highest BCUT2D eigenvalue weighted by molar-refractivity contribution is 6.35. The van der Waals surface area contributed by atoms with Crippen LogP contribution in [0.15, 0.2) is 66.7 Å². The third-order valence-corrected chi connectivity index (χ3v) is 3.24. The highest BCUT2D eigenvalue weighted by Crippen LogP contribution is 2.33. The van der Waals surface area contributed by atoms with Crippen LogP contribution in [0.5, 0.6) is 0 Å². The molecule has 3 rings (SSSR count). The Morgan fingerprint density at radius 1 is 0.722 bits per heavy atom. The van der Waals surface area contributed by atoms with Crippen LogP contribution in [0, 0.1) is 0 Å². The highest BCUT2D eigenvalue weighted by atomic mass is 35.5. The van der Waals surface area contributed by atoms with Crippen LogP contribution < -0.4 is 5.32 Å². The third kappa shape index (κ3) is 2.05. The van der Waals surface area contributed by atoms with Crippen LogP contribution in [0.25, 0.3) is 10.8 Å². The lowest BCUT2D eigenvalue weighted by molar-refractivity contribution is 1.58. The summed E-state index contributed by atoms with van der Waals surface area (Å²) in [5.41, 5.74) is 2.00. The summed E-state index contributed by atoms with van der Waals surface area (Å²) in [6, 6.07) is 22.2. The van der Waals surface area contributed by atoms with Gasteiger partial charge in [0.2, 0.25) is 0 Å². The van der Waals surface area contributed by atoms with Crippen molar-refractivity contribution >= 4 is 33.7 Å². The van der Waals surface area contributed by atoms with E-state index in [1.165, 1.54) is 5.39 Å². The zero-order valence-electron chi connectivity index (χ0n) is 9.73. The zero-order chi connectivity index (χ0) is 12.4. The van der Waals surface area contributed by atoms with Crippen LogP contribution >= 0.6 is 11.6 Å². The van der Waals surface area contributed by atoms with Gasteiger partial charge in [0.1, 0.15) is 0 Å². The molecule has 0 spiro atoms. The van der Waals surface area contributed by atoms with Gasteiger partial charge in [-0.2, -0.15) is 0 Å². The first-order valence-corrected chi connectivity index (χ1v) is 6.22. The van der Waals surface area contributed by atoms with Gasteiger partial charge in [0.15, 0.2) is 0 Å². The summed E-state index contributed by atoms with van der Waals surface area (Å²) < 4.78 is 0. The second kappa shape index (κ2) is 4.71. The molecule has 3 aromatic carbocycles. The van der Waals surface area contributed by atoms with Gasteiger partial charge < -0.3 is 5.32 Å². The number of nitrogens with one attached hydrogen (secondary N) is 1. The van der Waals surface area contributed by atoms with Crippen molar-refractivity contribution in [1.82, 2.24) is 0 Å².